The van der Waals surface area contributed by atoms with Crippen LogP contribution in [0.3, 0.4) is 0 Å². The standard InChI is InChI=1S/C23H32N4O4/c1-16-17(2)25-20-5-4-18(12-19(16)20)13-24-21(28)14-26-6-11-31-23(3,15-26)22(29)27-7-9-30-10-8-27/h4-5,12,25H,6-11,13-15H2,1-3H3,(H,24,28). The zero-order valence-electron chi connectivity index (χ0n) is 18.6. The molecule has 168 valence electrons. The summed E-state index contributed by atoms with van der Waals surface area (Å²) in [4.78, 5) is 32.7. The molecule has 2 amide bonds. The molecule has 1 atom stereocenters. The van der Waals surface area contributed by atoms with Crippen molar-refractivity contribution >= 4 is 22.7 Å². The van der Waals surface area contributed by atoms with Crippen LogP contribution in [0, 0.1) is 13.8 Å². The SMILES string of the molecule is Cc1[nH]c2ccc(CNC(=O)CN3CCOC(C)(C(=O)N4CCOCC4)C3)cc2c1C. The van der Waals surface area contributed by atoms with Crippen molar-refractivity contribution in [1.82, 2.24) is 20.1 Å². The fraction of sp³-hybridized carbons (Fsp3) is 0.565. The molecular weight excluding hydrogens is 396 g/mol. The Hall–Kier alpha value is -2.42. The van der Waals surface area contributed by atoms with Crippen molar-refractivity contribution in [2.75, 3.05) is 52.5 Å². The van der Waals surface area contributed by atoms with Crippen LogP contribution in [0.1, 0.15) is 23.7 Å². The molecule has 0 bridgehead atoms. The summed E-state index contributed by atoms with van der Waals surface area (Å²) >= 11 is 0. The summed E-state index contributed by atoms with van der Waals surface area (Å²) < 4.78 is 11.2. The highest BCUT2D eigenvalue weighted by Gasteiger charge is 2.42. The first-order valence-corrected chi connectivity index (χ1v) is 10.9. The van der Waals surface area contributed by atoms with E-state index in [1.165, 1.54) is 10.9 Å². The molecule has 3 heterocycles. The minimum atomic E-state index is -0.926. The smallest absolute Gasteiger partial charge is 0.256 e. The maximum atomic E-state index is 13.0. The average Bonchev–Trinajstić information content (AvgIpc) is 3.05. The molecule has 31 heavy (non-hydrogen) atoms. The molecule has 2 N–H and O–H groups in total. The predicted octanol–water partition coefficient (Wildman–Crippen LogP) is 1.35. The van der Waals surface area contributed by atoms with Crippen molar-refractivity contribution in [3.8, 4) is 0 Å². The van der Waals surface area contributed by atoms with Gasteiger partial charge in [-0.25, -0.2) is 0 Å². The second kappa shape index (κ2) is 8.98. The number of aromatic amines is 1. The highest BCUT2D eigenvalue weighted by atomic mass is 16.5. The van der Waals surface area contributed by atoms with Gasteiger partial charge in [-0.1, -0.05) is 6.07 Å². The third-order valence-electron chi connectivity index (χ3n) is 6.33. The van der Waals surface area contributed by atoms with Crippen molar-refractivity contribution < 1.29 is 19.1 Å². The van der Waals surface area contributed by atoms with Crippen molar-refractivity contribution in [2.24, 2.45) is 0 Å². The van der Waals surface area contributed by atoms with Crippen LogP contribution in [-0.2, 0) is 25.6 Å². The van der Waals surface area contributed by atoms with Gasteiger partial charge in [0.25, 0.3) is 5.91 Å². The number of aryl methyl sites for hydroxylation is 2. The number of morpholine rings is 2. The minimum Gasteiger partial charge on any atom is -0.378 e. The number of amides is 2. The third-order valence-corrected chi connectivity index (χ3v) is 6.33. The van der Waals surface area contributed by atoms with E-state index in [1.54, 1.807) is 4.90 Å². The number of carbonyl (C=O) groups is 2. The number of hydrogen-bond acceptors (Lipinski definition) is 5. The van der Waals surface area contributed by atoms with Gasteiger partial charge >= 0.3 is 0 Å². The number of nitrogens with one attached hydrogen (secondary N) is 2. The van der Waals surface area contributed by atoms with Crippen molar-refractivity contribution in [2.45, 2.75) is 32.9 Å². The fourth-order valence-corrected chi connectivity index (χ4v) is 4.39. The van der Waals surface area contributed by atoms with Crippen LogP contribution in [0.2, 0.25) is 0 Å². The molecule has 0 radical (unpaired) electrons. The summed E-state index contributed by atoms with van der Waals surface area (Å²) in [7, 11) is 0. The highest BCUT2D eigenvalue weighted by Crippen LogP contribution is 2.23. The zero-order valence-corrected chi connectivity index (χ0v) is 18.6. The molecule has 2 fully saturated rings. The zero-order chi connectivity index (χ0) is 22.0. The van der Waals surface area contributed by atoms with Crippen molar-refractivity contribution in [1.29, 1.82) is 0 Å². The van der Waals surface area contributed by atoms with Crippen LogP contribution in [-0.4, -0.2) is 84.7 Å². The number of ether oxygens (including phenoxy) is 2. The van der Waals surface area contributed by atoms with Crippen LogP contribution < -0.4 is 5.32 Å². The van der Waals surface area contributed by atoms with E-state index in [-0.39, 0.29) is 18.4 Å². The lowest BCUT2D eigenvalue weighted by Gasteiger charge is -2.42. The van der Waals surface area contributed by atoms with E-state index in [9.17, 15) is 9.59 Å². The average molecular weight is 429 g/mol. The highest BCUT2D eigenvalue weighted by molar-refractivity contribution is 5.86. The maximum Gasteiger partial charge on any atom is 0.256 e. The first-order valence-electron chi connectivity index (χ1n) is 10.9. The molecule has 2 aliphatic heterocycles. The van der Waals surface area contributed by atoms with Crippen LogP contribution in [0.15, 0.2) is 18.2 Å². The number of benzene rings is 1. The van der Waals surface area contributed by atoms with E-state index in [0.29, 0.717) is 52.5 Å². The first-order chi connectivity index (χ1) is 14.9. The molecule has 0 saturated carbocycles. The Labute approximate surface area is 182 Å². The molecule has 2 aliphatic rings. The molecule has 2 saturated heterocycles. The lowest BCUT2D eigenvalue weighted by Crippen LogP contribution is -2.61. The summed E-state index contributed by atoms with van der Waals surface area (Å²) in [6.45, 7) is 10.5. The third kappa shape index (κ3) is 4.76. The summed E-state index contributed by atoms with van der Waals surface area (Å²) in [5.74, 6) is -0.0727. The first kappa shape index (κ1) is 21.8. The lowest BCUT2D eigenvalue weighted by molar-refractivity contribution is -0.171. The number of fused-ring (bicyclic) bond motifs is 1. The minimum absolute atomic E-state index is 0.0219. The van der Waals surface area contributed by atoms with Crippen molar-refractivity contribution in [3.63, 3.8) is 0 Å². The van der Waals surface area contributed by atoms with E-state index in [4.69, 9.17) is 9.47 Å². The molecule has 2 aromatic rings. The molecule has 8 heteroatoms. The monoisotopic (exact) mass is 428 g/mol. The number of aromatic nitrogens is 1. The Morgan fingerprint density at radius 3 is 2.71 bits per heavy atom. The largest absolute Gasteiger partial charge is 0.378 e. The topological polar surface area (TPSA) is 86.9 Å². The number of rotatable bonds is 5. The number of hydrogen-bond donors (Lipinski definition) is 2. The van der Waals surface area contributed by atoms with Gasteiger partial charge < -0.3 is 24.7 Å². The summed E-state index contributed by atoms with van der Waals surface area (Å²) in [6.07, 6.45) is 0. The van der Waals surface area contributed by atoms with Gasteiger partial charge in [0.1, 0.15) is 0 Å². The Morgan fingerprint density at radius 2 is 1.94 bits per heavy atom. The van der Waals surface area contributed by atoms with Gasteiger partial charge in [-0.05, 0) is 44.0 Å². The van der Waals surface area contributed by atoms with E-state index in [2.05, 4.69) is 36.3 Å². The van der Waals surface area contributed by atoms with Gasteiger partial charge in [0.15, 0.2) is 5.60 Å². The van der Waals surface area contributed by atoms with E-state index < -0.39 is 5.60 Å². The van der Waals surface area contributed by atoms with Gasteiger partial charge in [-0.2, -0.15) is 0 Å². The second-order valence-corrected chi connectivity index (χ2v) is 8.73. The van der Waals surface area contributed by atoms with E-state index in [0.717, 1.165) is 16.8 Å². The molecule has 0 aliphatic carbocycles. The van der Waals surface area contributed by atoms with Gasteiger partial charge in [0.05, 0.1) is 26.4 Å². The summed E-state index contributed by atoms with van der Waals surface area (Å²) in [5.41, 5.74) is 3.66. The Bertz CT molecular complexity index is 966. The van der Waals surface area contributed by atoms with Crippen LogP contribution in [0.4, 0.5) is 0 Å². The summed E-state index contributed by atoms with van der Waals surface area (Å²) in [5, 5.41) is 4.20. The molecule has 1 unspecified atom stereocenters. The molecule has 0 spiro atoms. The van der Waals surface area contributed by atoms with Crippen molar-refractivity contribution in [3.05, 3.63) is 35.0 Å². The number of nitrogens with zero attached hydrogens (tertiary/aromatic N) is 2. The van der Waals surface area contributed by atoms with Gasteiger partial charge in [0, 0.05) is 49.3 Å². The summed E-state index contributed by atoms with van der Waals surface area (Å²) in [6, 6.07) is 6.22. The Kier molecular flexibility index (Phi) is 6.31. The van der Waals surface area contributed by atoms with E-state index in [1.807, 2.05) is 17.9 Å². The molecule has 4 rings (SSSR count). The van der Waals surface area contributed by atoms with Crippen LogP contribution >= 0.6 is 0 Å². The molecule has 1 aromatic carbocycles. The van der Waals surface area contributed by atoms with Crippen LogP contribution in [0.25, 0.3) is 10.9 Å². The predicted molar refractivity (Wildman–Crippen MR) is 118 cm³/mol. The maximum absolute atomic E-state index is 13.0. The van der Waals surface area contributed by atoms with Crippen LogP contribution in [0.5, 0.6) is 0 Å². The van der Waals surface area contributed by atoms with Gasteiger partial charge in [-0.3, -0.25) is 14.5 Å². The van der Waals surface area contributed by atoms with Gasteiger partial charge in [-0.15, -0.1) is 0 Å². The molecular formula is C23H32N4O4. The number of carbonyl (C=O) groups excluding carboxylic acids is 2. The lowest BCUT2D eigenvalue weighted by atomic mass is 10.0. The second-order valence-electron chi connectivity index (χ2n) is 8.73. The molecule has 8 nitrogen and oxygen atoms in total. The van der Waals surface area contributed by atoms with Gasteiger partial charge in [0.2, 0.25) is 5.91 Å². The Balaban J connectivity index is 1.32. The fourth-order valence-electron chi connectivity index (χ4n) is 4.39. The van der Waals surface area contributed by atoms with E-state index >= 15 is 0 Å². The quantitative estimate of drug-likeness (QED) is 0.751. The Morgan fingerprint density at radius 1 is 1.16 bits per heavy atom. The normalized spacial score (nSPS) is 22.6. The molecule has 1 aromatic heterocycles. The number of H-pyrrole nitrogens is 1.